The smallest absolute Gasteiger partial charge is 0.368 e. The van der Waals surface area contributed by atoms with Crippen LogP contribution in [0.15, 0.2) is 22.7 Å². The zero-order valence-electron chi connectivity index (χ0n) is 16.7. The Hall–Kier alpha value is -3.14. The third kappa shape index (κ3) is 5.81. The van der Waals surface area contributed by atoms with Gasteiger partial charge in [-0.25, -0.2) is 8.78 Å². The van der Waals surface area contributed by atoms with Crippen molar-refractivity contribution in [1.82, 2.24) is 30.0 Å². The highest BCUT2D eigenvalue weighted by Crippen LogP contribution is 2.29. The molecule has 0 spiro atoms. The number of benzene rings is 1. The number of aromatic nitrogens is 6. The highest BCUT2D eigenvalue weighted by molar-refractivity contribution is 9.10. The largest absolute Gasteiger partial charge is 0.455 e. The highest BCUT2D eigenvalue weighted by atomic mass is 79.9. The average Bonchev–Trinajstić information content (AvgIpc) is 3.30. The first-order valence-electron chi connectivity index (χ1n) is 9.09. The standard InChI is InChI=1S/C17H16BrF5N8O2/c1-7-2-8(18)3-10(14(24)32)13(7)25-15(33)11-4-9(27-30(11)6-12(19)20)5-31-28-16(26-29-31)17(21,22)23/h2-4,12,15,25,33H,5-6H2,1H3,(H2,24,32). The Morgan fingerprint density at radius 1 is 1.27 bits per heavy atom. The zero-order valence-corrected chi connectivity index (χ0v) is 18.3. The second-order valence-corrected chi connectivity index (χ2v) is 7.75. The lowest BCUT2D eigenvalue weighted by Gasteiger charge is -2.19. The van der Waals surface area contributed by atoms with E-state index in [-0.39, 0.29) is 22.6 Å². The minimum absolute atomic E-state index is 0.0136. The molecule has 0 fully saturated rings. The third-order valence-electron chi connectivity index (χ3n) is 4.31. The van der Waals surface area contributed by atoms with Crippen LogP contribution >= 0.6 is 15.9 Å². The van der Waals surface area contributed by atoms with Gasteiger partial charge in [0.1, 0.15) is 13.1 Å². The molecule has 3 rings (SSSR count). The SMILES string of the molecule is Cc1cc(Br)cc(C(N)=O)c1NC(O)c1cc(Cn2nnc(C(F)(F)F)n2)nn1CC(F)F. The number of rotatable bonds is 8. The number of amides is 1. The number of hydrogen-bond acceptors (Lipinski definition) is 7. The van der Waals surface area contributed by atoms with E-state index >= 15 is 0 Å². The predicted molar refractivity (Wildman–Crippen MR) is 106 cm³/mol. The Morgan fingerprint density at radius 2 is 1.97 bits per heavy atom. The predicted octanol–water partition coefficient (Wildman–Crippen LogP) is 2.47. The van der Waals surface area contributed by atoms with E-state index in [1.54, 1.807) is 13.0 Å². The van der Waals surface area contributed by atoms with Gasteiger partial charge in [0.15, 0.2) is 6.23 Å². The van der Waals surface area contributed by atoms with E-state index in [0.29, 0.717) is 14.8 Å². The number of anilines is 1. The lowest BCUT2D eigenvalue weighted by Crippen LogP contribution is -2.21. The van der Waals surface area contributed by atoms with E-state index in [1.807, 2.05) is 0 Å². The van der Waals surface area contributed by atoms with Crippen LogP contribution in [0.25, 0.3) is 0 Å². The fourth-order valence-corrected chi connectivity index (χ4v) is 3.54. The number of aryl methyl sites for hydroxylation is 1. The van der Waals surface area contributed by atoms with Gasteiger partial charge in [-0.3, -0.25) is 9.48 Å². The number of hydrogen-bond donors (Lipinski definition) is 3. The van der Waals surface area contributed by atoms with Crippen LogP contribution in [0.2, 0.25) is 0 Å². The number of primary amides is 1. The van der Waals surface area contributed by atoms with Crippen molar-refractivity contribution in [2.45, 2.75) is 38.8 Å². The summed E-state index contributed by atoms with van der Waals surface area (Å²) in [5, 5.41) is 26.6. The molecule has 0 saturated heterocycles. The average molecular weight is 539 g/mol. The Bertz CT molecular complexity index is 1160. The van der Waals surface area contributed by atoms with Crippen LogP contribution in [0.4, 0.5) is 27.6 Å². The van der Waals surface area contributed by atoms with Crippen LogP contribution in [0.3, 0.4) is 0 Å². The van der Waals surface area contributed by atoms with E-state index in [0.717, 1.165) is 4.68 Å². The molecule has 2 aromatic heterocycles. The molecule has 0 aliphatic rings. The molecule has 10 nitrogen and oxygen atoms in total. The van der Waals surface area contributed by atoms with Crippen LogP contribution in [-0.4, -0.2) is 47.4 Å². The lowest BCUT2D eigenvalue weighted by atomic mass is 10.1. The van der Waals surface area contributed by atoms with E-state index < -0.39 is 43.7 Å². The molecule has 1 aromatic carbocycles. The van der Waals surface area contributed by atoms with Crippen molar-refractivity contribution < 1.29 is 31.9 Å². The maximum atomic E-state index is 13.0. The summed E-state index contributed by atoms with van der Waals surface area (Å²) in [6.07, 6.45) is -9.28. The summed E-state index contributed by atoms with van der Waals surface area (Å²) in [5.74, 6) is -2.27. The first-order chi connectivity index (χ1) is 15.3. The minimum Gasteiger partial charge on any atom is -0.368 e. The zero-order chi connectivity index (χ0) is 24.5. The molecule has 1 atom stereocenters. The molecule has 4 N–H and O–H groups in total. The van der Waals surface area contributed by atoms with Gasteiger partial charge >= 0.3 is 6.18 Å². The van der Waals surface area contributed by atoms with Gasteiger partial charge < -0.3 is 16.2 Å². The number of nitrogens with two attached hydrogens (primary N) is 1. The van der Waals surface area contributed by atoms with Crippen molar-refractivity contribution in [3.8, 4) is 0 Å². The number of aliphatic hydroxyl groups is 1. The van der Waals surface area contributed by atoms with E-state index in [2.05, 4.69) is 41.8 Å². The van der Waals surface area contributed by atoms with Crippen molar-refractivity contribution >= 4 is 27.5 Å². The molecule has 0 saturated carbocycles. The van der Waals surface area contributed by atoms with Gasteiger partial charge in [0, 0.05) is 4.47 Å². The van der Waals surface area contributed by atoms with Crippen LogP contribution < -0.4 is 11.1 Å². The number of tetrazole rings is 1. The number of alkyl halides is 5. The van der Waals surface area contributed by atoms with Gasteiger partial charge in [-0.1, -0.05) is 15.9 Å². The molecular weight excluding hydrogens is 523 g/mol. The second-order valence-electron chi connectivity index (χ2n) is 6.83. The van der Waals surface area contributed by atoms with Gasteiger partial charge in [-0.15, -0.1) is 10.2 Å². The lowest BCUT2D eigenvalue weighted by molar-refractivity contribution is -0.145. The third-order valence-corrected chi connectivity index (χ3v) is 4.77. The van der Waals surface area contributed by atoms with Crippen molar-refractivity contribution in [2.24, 2.45) is 5.73 Å². The molecule has 16 heteroatoms. The van der Waals surface area contributed by atoms with Gasteiger partial charge in [-0.2, -0.15) is 23.1 Å². The summed E-state index contributed by atoms with van der Waals surface area (Å²) in [6.45, 7) is 0.292. The van der Waals surface area contributed by atoms with Gasteiger partial charge in [0.25, 0.3) is 18.2 Å². The number of carbonyl (C=O) groups excluding carboxylic acids is 1. The molecule has 1 amide bonds. The topological polar surface area (TPSA) is 137 Å². The summed E-state index contributed by atoms with van der Waals surface area (Å²) in [5.41, 5.74) is 5.95. The number of nitrogens with one attached hydrogen (secondary N) is 1. The van der Waals surface area contributed by atoms with E-state index in [4.69, 9.17) is 5.73 Å². The van der Waals surface area contributed by atoms with E-state index in [9.17, 15) is 31.9 Å². The molecule has 0 bridgehead atoms. The Kier molecular flexibility index (Phi) is 6.97. The van der Waals surface area contributed by atoms with Crippen molar-refractivity contribution in [2.75, 3.05) is 5.32 Å². The Labute approximate surface area is 190 Å². The van der Waals surface area contributed by atoms with Crippen LogP contribution in [0.1, 0.15) is 39.4 Å². The van der Waals surface area contributed by atoms with Crippen LogP contribution in [0, 0.1) is 6.92 Å². The van der Waals surface area contributed by atoms with Crippen molar-refractivity contribution in [3.63, 3.8) is 0 Å². The maximum Gasteiger partial charge on any atom is 0.455 e. The first kappa shape index (κ1) is 24.5. The van der Waals surface area contributed by atoms with Crippen LogP contribution in [-0.2, 0) is 19.3 Å². The molecule has 33 heavy (non-hydrogen) atoms. The summed E-state index contributed by atoms with van der Waals surface area (Å²) in [4.78, 5) is 12.4. The van der Waals surface area contributed by atoms with Gasteiger partial charge in [-0.05, 0) is 35.9 Å². The molecule has 0 aliphatic carbocycles. The maximum absolute atomic E-state index is 13.0. The molecule has 1 unspecified atom stereocenters. The normalized spacial score (nSPS) is 12.9. The monoisotopic (exact) mass is 538 g/mol. The summed E-state index contributed by atoms with van der Waals surface area (Å²) in [7, 11) is 0. The fraction of sp³-hybridized carbons (Fsp3) is 0.353. The number of aliphatic hydroxyl groups excluding tert-OH is 1. The Balaban J connectivity index is 1.91. The fourth-order valence-electron chi connectivity index (χ4n) is 2.97. The molecule has 178 valence electrons. The van der Waals surface area contributed by atoms with Gasteiger partial charge in [0.05, 0.1) is 22.6 Å². The number of halogens is 6. The summed E-state index contributed by atoms with van der Waals surface area (Å²) < 4.78 is 65.4. The minimum atomic E-state index is -4.81. The Morgan fingerprint density at radius 3 is 2.55 bits per heavy atom. The van der Waals surface area contributed by atoms with Crippen LogP contribution in [0.5, 0.6) is 0 Å². The number of nitrogens with zero attached hydrogens (tertiary/aromatic N) is 6. The highest BCUT2D eigenvalue weighted by Gasteiger charge is 2.36. The summed E-state index contributed by atoms with van der Waals surface area (Å²) in [6, 6.07) is 4.24. The molecular formula is C17H16BrF5N8O2. The second kappa shape index (κ2) is 9.38. The van der Waals surface area contributed by atoms with E-state index in [1.165, 1.54) is 12.1 Å². The van der Waals surface area contributed by atoms with Gasteiger partial charge in [0.2, 0.25) is 0 Å². The molecule has 0 radical (unpaired) electrons. The molecule has 0 aliphatic heterocycles. The summed E-state index contributed by atoms with van der Waals surface area (Å²) >= 11 is 3.23. The van der Waals surface area contributed by atoms with Crippen molar-refractivity contribution in [3.05, 3.63) is 51.0 Å². The van der Waals surface area contributed by atoms with Crippen molar-refractivity contribution in [1.29, 1.82) is 0 Å². The quantitative estimate of drug-likeness (QED) is 0.296. The first-order valence-corrected chi connectivity index (χ1v) is 9.88. The molecule has 3 aromatic rings. The molecule has 2 heterocycles. The number of carbonyl (C=O) groups is 1.